The number of rotatable bonds is 5. The topological polar surface area (TPSA) is 130 Å². The maximum Gasteiger partial charge on any atom is 0.394 e. The molecule has 0 aliphatic carbocycles. The number of aromatic amines is 1. The second-order valence-electron chi connectivity index (χ2n) is 5.77. The Balaban J connectivity index is 1.80. The molecule has 2 aromatic heterocycles. The maximum atomic E-state index is 13.6. The van der Waals surface area contributed by atoms with Crippen LogP contribution in [0.15, 0.2) is 17.4 Å². The van der Waals surface area contributed by atoms with Crippen molar-refractivity contribution in [2.75, 3.05) is 13.2 Å². The minimum absolute atomic E-state index is 0.0130. The van der Waals surface area contributed by atoms with E-state index >= 15 is 0 Å². The van der Waals surface area contributed by atoms with Crippen molar-refractivity contribution in [1.29, 1.82) is 0 Å². The molecule has 1 saturated heterocycles. The molecule has 2 aromatic rings. The number of H-pyrrole nitrogens is 1. The van der Waals surface area contributed by atoms with Crippen molar-refractivity contribution in [3.8, 4) is 0 Å². The number of alkyl halides is 2. The van der Waals surface area contributed by atoms with Gasteiger partial charge in [0.15, 0.2) is 11.2 Å². The molecular formula is C12H15F2N4O5P. The van der Waals surface area contributed by atoms with Gasteiger partial charge in [-0.1, -0.05) is 0 Å². The van der Waals surface area contributed by atoms with Gasteiger partial charge in [0.25, 0.3) is 5.56 Å². The molecule has 0 amide bonds. The Morgan fingerprint density at radius 1 is 1.38 bits per heavy atom. The van der Waals surface area contributed by atoms with Crippen LogP contribution in [-0.2, 0) is 15.8 Å². The van der Waals surface area contributed by atoms with Crippen molar-refractivity contribution in [1.82, 2.24) is 19.5 Å². The highest BCUT2D eigenvalue weighted by Gasteiger charge is 2.51. The van der Waals surface area contributed by atoms with E-state index in [1.807, 2.05) is 0 Å². The van der Waals surface area contributed by atoms with Gasteiger partial charge in [0.2, 0.25) is 0 Å². The number of ether oxygens (including phenoxy) is 1. The zero-order chi connectivity index (χ0) is 17.5. The predicted octanol–water partition coefficient (Wildman–Crippen LogP) is 0.543. The van der Waals surface area contributed by atoms with Gasteiger partial charge >= 0.3 is 13.3 Å². The van der Waals surface area contributed by atoms with E-state index in [1.165, 1.54) is 12.7 Å². The summed E-state index contributed by atoms with van der Waals surface area (Å²) in [6, 6.07) is 0. The highest BCUT2D eigenvalue weighted by Crippen LogP contribution is 2.56. The summed E-state index contributed by atoms with van der Waals surface area (Å²) in [7, 11) is -5.53. The molecule has 0 saturated carbocycles. The summed E-state index contributed by atoms with van der Waals surface area (Å²) in [6.07, 6.45) is 1.62. The molecule has 0 aromatic carbocycles. The first-order valence-corrected chi connectivity index (χ1v) is 8.70. The second-order valence-corrected chi connectivity index (χ2v) is 7.51. The number of imidazole rings is 1. The molecule has 1 aliphatic rings. The Kier molecular flexibility index (Phi) is 4.28. The van der Waals surface area contributed by atoms with Crippen LogP contribution >= 0.6 is 7.60 Å². The number of hydrogen-bond donors (Lipinski definition) is 3. The minimum atomic E-state index is -5.53. The molecule has 0 radical (unpaired) electrons. The van der Waals surface area contributed by atoms with Crippen molar-refractivity contribution >= 4 is 18.8 Å². The van der Waals surface area contributed by atoms with Crippen LogP contribution in [-0.4, -0.2) is 48.2 Å². The number of fused-ring (bicyclic) bond motifs is 1. The molecule has 0 unspecified atom stereocenters. The molecular weight excluding hydrogens is 349 g/mol. The molecule has 3 rings (SSSR count). The van der Waals surface area contributed by atoms with E-state index in [4.69, 9.17) is 14.5 Å². The number of nitrogens with zero attached hydrogens (tertiary/aromatic N) is 3. The van der Waals surface area contributed by atoms with Crippen molar-refractivity contribution in [3.63, 3.8) is 0 Å². The lowest BCUT2D eigenvalue weighted by atomic mass is 9.93. The highest BCUT2D eigenvalue weighted by molar-refractivity contribution is 7.53. The zero-order valence-electron chi connectivity index (χ0n) is 12.3. The van der Waals surface area contributed by atoms with Crippen LogP contribution in [0.5, 0.6) is 0 Å². The van der Waals surface area contributed by atoms with Gasteiger partial charge in [0, 0.05) is 18.9 Å². The third-order valence-corrected chi connectivity index (χ3v) is 5.14. The van der Waals surface area contributed by atoms with Crippen molar-refractivity contribution < 1.29 is 27.9 Å². The molecule has 3 N–H and O–H groups in total. The van der Waals surface area contributed by atoms with Gasteiger partial charge in [-0.25, -0.2) is 9.97 Å². The largest absolute Gasteiger partial charge is 0.394 e. The molecule has 12 heteroatoms. The van der Waals surface area contributed by atoms with Gasteiger partial charge < -0.3 is 24.1 Å². The van der Waals surface area contributed by atoms with Crippen LogP contribution in [0.1, 0.15) is 6.42 Å². The normalized spacial score (nSPS) is 22.3. The first-order chi connectivity index (χ1) is 11.2. The van der Waals surface area contributed by atoms with E-state index < -0.39 is 37.1 Å². The number of nitrogens with one attached hydrogen (secondary N) is 1. The second kappa shape index (κ2) is 5.99. The summed E-state index contributed by atoms with van der Waals surface area (Å²) in [6.45, 7) is 0.362. The van der Waals surface area contributed by atoms with Gasteiger partial charge in [-0.15, -0.1) is 0 Å². The van der Waals surface area contributed by atoms with Crippen LogP contribution in [0.25, 0.3) is 11.2 Å². The summed E-state index contributed by atoms with van der Waals surface area (Å²) in [5.41, 5.74) is -4.07. The molecule has 2 atom stereocenters. The average molecular weight is 364 g/mol. The smallest absolute Gasteiger partial charge is 0.381 e. The zero-order valence-corrected chi connectivity index (χ0v) is 13.2. The fraction of sp³-hybridized carbons (Fsp3) is 0.583. The van der Waals surface area contributed by atoms with E-state index in [9.17, 15) is 18.1 Å². The van der Waals surface area contributed by atoms with Gasteiger partial charge in [-0.2, -0.15) is 8.78 Å². The fourth-order valence-electron chi connectivity index (χ4n) is 2.78. The lowest BCUT2D eigenvalue weighted by molar-refractivity contribution is 0.0265. The number of aromatic nitrogens is 4. The van der Waals surface area contributed by atoms with E-state index in [1.54, 1.807) is 4.57 Å². The standard InChI is InChI=1S/C12H15F2N4O5P/c13-12(14,24(20,21)22)1-7-3-23-4-8(7)2-18-6-17-9-10(18)15-5-16-11(9)19/h5-8H,1-4H2,(H,15,16,19)(H2,20,21,22)/t7-,8+/m0/s1. The van der Waals surface area contributed by atoms with E-state index in [-0.39, 0.29) is 25.3 Å². The van der Waals surface area contributed by atoms with Crippen LogP contribution in [0.3, 0.4) is 0 Å². The summed E-state index contributed by atoms with van der Waals surface area (Å²) < 4.78 is 45.0. The van der Waals surface area contributed by atoms with Crippen molar-refractivity contribution in [2.45, 2.75) is 18.6 Å². The monoisotopic (exact) mass is 364 g/mol. The average Bonchev–Trinajstić information content (AvgIpc) is 3.07. The summed E-state index contributed by atoms with van der Waals surface area (Å²) in [5, 5.41) is 0. The quantitative estimate of drug-likeness (QED) is 0.660. The summed E-state index contributed by atoms with van der Waals surface area (Å²) in [4.78, 5) is 39.5. The Morgan fingerprint density at radius 3 is 2.79 bits per heavy atom. The molecule has 0 bridgehead atoms. The number of hydrogen-bond acceptors (Lipinski definition) is 5. The molecule has 1 aliphatic heterocycles. The molecule has 3 heterocycles. The van der Waals surface area contributed by atoms with Crippen molar-refractivity contribution in [2.24, 2.45) is 11.8 Å². The van der Waals surface area contributed by atoms with E-state index in [0.717, 1.165) is 0 Å². The lowest BCUT2D eigenvalue weighted by Gasteiger charge is -2.24. The third-order valence-electron chi connectivity index (χ3n) is 4.10. The van der Waals surface area contributed by atoms with Gasteiger partial charge in [0.1, 0.15) is 0 Å². The Labute approximate surface area is 133 Å². The molecule has 132 valence electrons. The van der Waals surface area contributed by atoms with Crippen LogP contribution in [0.4, 0.5) is 8.78 Å². The van der Waals surface area contributed by atoms with Gasteiger partial charge in [0.05, 0.1) is 25.9 Å². The first kappa shape index (κ1) is 17.2. The molecule has 9 nitrogen and oxygen atoms in total. The third kappa shape index (κ3) is 3.12. The van der Waals surface area contributed by atoms with Crippen LogP contribution in [0.2, 0.25) is 0 Å². The highest BCUT2D eigenvalue weighted by atomic mass is 31.2. The fourth-order valence-corrected chi connectivity index (χ4v) is 3.26. The first-order valence-electron chi connectivity index (χ1n) is 7.09. The lowest BCUT2D eigenvalue weighted by Crippen LogP contribution is -2.27. The Hall–Kier alpha value is -1.68. The molecule has 24 heavy (non-hydrogen) atoms. The molecule has 1 fully saturated rings. The minimum Gasteiger partial charge on any atom is -0.381 e. The van der Waals surface area contributed by atoms with Gasteiger partial charge in [-0.05, 0) is 5.92 Å². The van der Waals surface area contributed by atoms with Crippen molar-refractivity contribution in [3.05, 3.63) is 23.0 Å². The summed E-state index contributed by atoms with van der Waals surface area (Å²) in [5.74, 6) is -1.13. The SMILES string of the molecule is O=c1[nH]cnc2c1ncn2C[C@@H]1COC[C@@H]1CC(F)(F)P(=O)(O)O. The Morgan fingerprint density at radius 2 is 2.08 bits per heavy atom. The van der Waals surface area contributed by atoms with Gasteiger partial charge in [-0.3, -0.25) is 9.36 Å². The van der Waals surface area contributed by atoms with E-state index in [0.29, 0.717) is 5.65 Å². The Bertz CT molecular complexity index is 847. The maximum absolute atomic E-state index is 13.6. The van der Waals surface area contributed by atoms with Crippen LogP contribution in [0, 0.1) is 11.8 Å². The summed E-state index contributed by atoms with van der Waals surface area (Å²) >= 11 is 0. The van der Waals surface area contributed by atoms with E-state index in [2.05, 4.69) is 15.0 Å². The number of halogens is 2. The predicted molar refractivity (Wildman–Crippen MR) is 77.6 cm³/mol. The molecule has 0 spiro atoms. The van der Waals surface area contributed by atoms with Crippen LogP contribution < -0.4 is 5.56 Å².